The topological polar surface area (TPSA) is 49.5 Å². The van der Waals surface area contributed by atoms with Crippen LogP contribution in [0.1, 0.15) is 19.8 Å². The maximum absolute atomic E-state index is 9.11. The van der Waals surface area contributed by atoms with Crippen molar-refractivity contribution in [1.29, 1.82) is 0 Å². The molecular weight excluding hydrogens is 152 g/mol. The van der Waals surface area contributed by atoms with Crippen molar-refractivity contribution in [3.63, 3.8) is 0 Å². The van der Waals surface area contributed by atoms with Gasteiger partial charge in [0.2, 0.25) is 0 Å². The van der Waals surface area contributed by atoms with Crippen molar-refractivity contribution in [3.05, 3.63) is 0 Å². The molecular formula is C9H20N2O. The molecule has 1 saturated carbocycles. The summed E-state index contributed by atoms with van der Waals surface area (Å²) in [4.78, 5) is 2.18. The molecule has 1 rings (SSSR count). The minimum Gasteiger partial charge on any atom is -0.392 e. The van der Waals surface area contributed by atoms with E-state index in [4.69, 9.17) is 10.8 Å². The zero-order chi connectivity index (χ0) is 9.14. The zero-order valence-electron chi connectivity index (χ0n) is 8.03. The van der Waals surface area contributed by atoms with Gasteiger partial charge in [0.05, 0.1) is 6.10 Å². The average Bonchev–Trinajstić information content (AvgIpc) is 1.82. The first-order valence-corrected chi connectivity index (χ1v) is 4.70. The lowest BCUT2D eigenvalue weighted by molar-refractivity contribution is 0.113. The van der Waals surface area contributed by atoms with Crippen LogP contribution in [0, 0.1) is 5.92 Å². The van der Waals surface area contributed by atoms with Crippen LogP contribution in [-0.4, -0.2) is 42.3 Å². The second kappa shape index (κ2) is 4.21. The molecule has 0 aromatic heterocycles. The second-order valence-electron chi connectivity index (χ2n) is 4.17. The molecule has 72 valence electrons. The van der Waals surface area contributed by atoms with Crippen molar-refractivity contribution in [2.45, 2.75) is 31.9 Å². The predicted molar refractivity (Wildman–Crippen MR) is 49.9 cm³/mol. The third-order valence-electron chi connectivity index (χ3n) is 2.42. The van der Waals surface area contributed by atoms with Crippen LogP contribution in [0.15, 0.2) is 0 Å². The fourth-order valence-electron chi connectivity index (χ4n) is 1.90. The molecule has 1 aliphatic carbocycles. The van der Waals surface area contributed by atoms with Gasteiger partial charge in [0.25, 0.3) is 0 Å². The van der Waals surface area contributed by atoms with Gasteiger partial charge in [-0.3, -0.25) is 0 Å². The Kier molecular flexibility index (Phi) is 3.50. The van der Waals surface area contributed by atoms with E-state index in [1.807, 2.05) is 6.92 Å². The van der Waals surface area contributed by atoms with Gasteiger partial charge < -0.3 is 15.7 Å². The van der Waals surface area contributed by atoms with Crippen LogP contribution in [0.25, 0.3) is 0 Å². The van der Waals surface area contributed by atoms with Crippen molar-refractivity contribution in [1.82, 2.24) is 4.90 Å². The highest BCUT2D eigenvalue weighted by Crippen LogP contribution is 2.25. The van der Waals surface area contributed by atoms with E-state index in [9.17, 15) is 0 Å². The minimum absolute atomic E-state index is 0.219. The van der Waals surface area contributed by atoms with Crippen LogP contribution in [0.5, 0.6) is 0 Å². The first-order chi connectivity index (χ1) is 5.58. The summed E-state index contributed by atoms with van der Waals surface area (Å²) >= 11 is 0. The molecule has 3 heteroatoms. The summed E-state index contributed by atoms with van der Waals surface area (Å²) in [5.41, 5.74) is 5.68. The summed E-state index contributed by atoms with van der Waals surface area (Å²) in [5.74, 6) is 0.767. The fraction of sp³-hybridized carbons (Fsp3) is 1.00. The zero-order valence-corrected chi connectivity index (χ0v) is 8.03. The Morgan fingerprint density at radius 3 is 2.58 bits per heavy atom. The Morgan fingerprint density at radius 2 is 2.17 bits per heavy atom. The normalized spacial score (nSPS) is 31.8. The third-order valence-corrected chi connectivity index (χ3v) is 2.42. The highest BCUT2D eigenvalue weighted by Gasteiger charge is 2.26. The van der Waals surface area contributed by atoms with Crippen molar-refractivity contribution < 1.29 is 5.11 Å². The molecule has 1 atom stereocenters. The largest absolute Gasteiger partial charge is 0.392 e. The van der Waals surface area contributed by atoms with E-state index in [0.29, 0.717) is 6.04 Å². The summed E-state index contributed by atoms with van der Waals surface area (Å²) in [6, 6.07) is 0.440. The molecule has 0 aromatic carbocycles. The second-order valence-corrected chi connectivity index (χ2v) is 4.17. The quantitative estimate of drug-likeness (QED) is 0.629. The van der Waals surface area contributed by atoms with E-state index < -0.39 is 0 Å². The summed E-state index contributed by atoms with van der Waals surface area (Å²) in [6.07, 6.45) is 2.10. The van der Waals surface area contributed by atoms with Gasteiger partial charge >= 0.3 is 0 Å². The number of likely N-dealkylation sites (N-methyl/N-ethyl adjacent to an activating group) is 1. The smallest absolute Gasteiger partial charge is 0.0638 e. The molecule has 0 amide bonds. The standard InChI is InChI=1S/C9H20N2O/c1-7(12)5-11(2)6-8-3-9(10)4-8/h7-9,12H,3-6,10H2,1-2H3. The molecule has 1 fully saturated rings. The van der Waals surface area contributed by atoms with Gasteiger partial charge in [-0.25, -0.2) is 0 Å². The van der Waals surface area contributed by atoms with Crippen LogP contribution < -0.4 is 5.73 Å². The average molecular weight is 172 g/mol. The summed E-state index contributed by atoms with van der Waals surface area (Å²) in [6.45, 7) is 3.67. The molecule has 3 N–H and O–H groups in total. The van der Waals surface area contributed by atoms with E-state index in [1.54, 1.807) is 0 Å². The van der Waals surface area contributed by atoms with Crippen LogP contribution in [0.4, 0.5) is 0 Å². The van der Waals surface area contributed by atoms with Crippen LogP contribution in [0.2, 0.25) is 0 Å². The van der Waals surface area contributed by atoms with Gasteiger partial charge in [0.15, 0.2) is 0 Å². The van der Waals surface area contributed by atoms with Gasteiger partial charge in [0.1, 0.15) is 0 Å². The molecule has 3 nitrogen and oxygen atoms in total. The molecule has 0 spiro atoms. The molecule has 0 aliphatic heterocycles. The Labute approximate surface area is 74.5 Å². The van der Waals surface area contributed by atoms with E-state index in [1.165, 1.54) is 0 Å². The van der Waals surface area contributed by atoms with E-state index in [0.717, 1.165) is 31.8 Å². The highest BCUT2D eigenvalue weighted by atomic mass is 16.3. The van der Waals surface area contributed by atoms with Crippen molar-refractivity contribution in [2.24, 2.45) is 11.7 Å². The lowest BCUT2D eigenvalue weighted by Crippen LogP contribution is -2.43. The number of aliphatic hydroxyl groups is 1. The first kappa shape index (κ1) is 9.96. The monoisotopic (exact) mass is 172 g/mol. The number of aliphatic hydroxyl groups excluding tert-OH is 1. The van der Waals surface area contributed by atoms with Gasteiger partial charge in [-0.05, 0) is 32.7 Å². The summed E-state index contributed by atoms with van der Waals surface area (Å²) < 4.78 is 0. The number of hydrogen-bond acceptors (Lipinski definition) is 3. The van der Waals surface area contributed by atoms with Crippen molar-refractivity contribution in [2.75, 3.05) is 20.1 Å². The molecule has 12 heavy (non-hydrogen) atoms. The first-order valence-electron chi connectivity index (χ1n) is 4.70. The van der Waals surface area contributed by atoms with Crippen LogP contribution >= 0.6 is 0 Å². The van der Waals surface area contributed by atoms with Gasteiger partial charge in [-0.1, -0.05) is 0 Å². The number of nitrogens with zero attached hydrogens (tertiary/aromatic N) is 1. The summed E-state index contributed by atoms with van der Waals surface area (Å²) in [5, 5.41) is 9.11. The van der Waals surface area contributed by atoms with Crippen molar-refractivity contribution in [3.8, 4) is 0 Å². The predicted octanol–water partition coefficient (Wildman–Crippen LogP) is 0.0363. The Morgan fingerprint density at radius 1 is 1.58 bits per heavy atom. The summed E-state index contributed by atoms with van der Waals surface area (Å²) in [7, 11) is 2.05. The molecule has 1 unspecified atom stereocenters. The van der Waals surface area contributed by atoms with Crippen LogP contribution in [-0.2, 0) is 0 Å². The number of nitrogens with two attached hydrogens (primary N) is 1. The molecule has 0 saturated heterocycles. The Hall–Kier alpha value is -0.120. The third kappa shape index (κ3) is 3.09. The van der Waals surface area contributed by atoms with E-state index in [-0.39, 0.29) is 6.10 Å². The Balaban J connectivity index is 2.06. The van der Waals surface area contributed by atoms with E-state index in [2.05, 4.69) is 11.9 Å². The van der Waals surface area contributed by atoms with Crippen molar-refractivity contribution >= 4 is 0 Å². The van der Waals surface area contributed by atoms with Crippen LogP contribution in [0.3, 0.4) is 0 Å². The van der Waals surface area contributed by atoms with Gasteiger partial charge in [-0.2, -0.15) is 0 Å². The van der Waals surface area contributed by atoms with Gasteiger partial charge in [0, 0.05) is 19.1 Å². The maximum Gasteiger partial charge on any atom is 0.0638 e. The molecule has 0 bridgehead atoms. The fourth-order valence-corrected chi connectivity index (χ4v) is 1.90. The highest BCUT2D eigenvalue weighted by molar-refractivity contribution is 4.83. The minimum atomic E-state index is -0.219. The SMILES string of the molecule is CC(O)CN(C)CC1CC(N)C1. The maximum atomic E-state index is 9.11. The van der Waals surface area contributed by atoms with E-state index >= 15 is 0 Å². The lowest BCUT2D eigenvalue weighted by atomic mass is 9.80. The molecule has 0 aromatic rings. The van der Waals surface area contributed by atoms with Gasteiger partial charge in [-0.15, -0.1) is 0 Å². The molecule has 1 aliphatic rings. The lowest BCUT2D eigenvalue weighted by Gasteiger charge is -2.35. The number of hydrogen-bond donors (Lipinski definition) is 2. The Bertz CT molecular complexity index is 132. The molecule has 0 heterocycles. The number of rotatable bonds is 4. The molecule has 0 radical (unpaired) electrons.